The van der Waals surface area contributed by atoms with Gasteiger partial charge in [-0.15, -0.1) is 0 Å². The fraction of sp³-hybridized carbons (Fsp3) is 0.0909. The van der Waals surface area contributed by atoms with Crippen molar-refractivity contribution in [2.75, 3.05) is 0 Å². The summed E-state index contributed by atoms with van der Waals surface area (Å²) in [4.78, 5) is 22.3. The van der Waals surface area contributed by atoms with E-state index in [9.17, 15) is 9.59 Å². The molecule has 0 amide bonds. The third-order valence-corrected chi connectivity index (χ3v) is 2.60. The Morgan fingerprint density at radius 3 is 2.65 bits per heavy atom. The summed E-state index contributed by atoms with van der Waals surface area (Å²) < 4.78 is 1.10. The van der Waals surface area contributed by atoms with Crippen LogP contribution in [0, 0.1) is 6.92 Å². The minimum Gasteiger partial charge on any atom is -0.477 e. The van der Waals surface area contributed by atoms with E-state index in [0.717, 1.165) is 16.3 Å². The first-order valence-electron chi connectivity index (χ1n) is 4.81. The zero-order valence-corrected chi connectivity index (χ0v) is 9.65. The summed E-state index contributed by atoms with van der Waals surface area (Å²) in [6, 6.07) is 6.15. The van der Waals surface area contributed by atoms with Crippen LogP contribution in [0.5, 0.6) is 0 Å². The van der Waals surface area contributed by atoms with Crippen molar-refractivity contribution in [2.24, 2.45) is 0 Å². The molecule has 88 valence electrons. The van der Waals surface area contributed by atoms with Gasteiger partial charge in [0.25, 0.3) is 5.56 Å². The molecule has 0 saturated heterocycles. The molecule has 1 heterocycles. The van der Waals surface area contributed by atoms with Gasteiger partial charge in [0.1, 0.15) is 5.69 Å². The fourth-order valence-corrected chi connectivity index (χ4v) is 1.80. The second-order valence-corrected chi connectivity index (χ2v) is 4.01. The predicted molar refractivity (Wildman–Crippen MR) is 63.1 cm³/mol. The highest BCUT2D eigenvalue weighted by Gasteiger charge is 2.12. The molecule has 0 bridgehead atoms. The van der Waals surface area contributed by atoms with Crippen molar-refractivity contribution in [3.8, 4) is 5.69 Å². The summed E-state index contributed by atoms with van der Waals surface area (Å²) in [6.07, 6.45) is 0. The average Bonchev–Trinajstić information content (AvgIpc) is 2.61. The van der Waals surface area contributed by atoms with Crippen LogP contribution in [0.4, 0.5) is 0 Å². The number of carbonyl (C=O) groups is 1. The lowest BCUT2D eigenvalue weighted by Gasteiger charge is -2.05. The number of halogens is 1. The molecule has 0 aliphatic rings. The van der Waals surface area contributed by atoms with E-state index < -0.39 is 11.5 Å². The maximum atomic E-state index is 11.6. The van der Waals surface area contributed by atoms with Gasteiger partial charge in [-0.25, -0.2) is 9.48 Å². The molecule has 1 aromatic heterocycles. The maximum Gasteiger partial charge on any atom is 0.353 e. The molecule has 1 aromatic carbocycles. The third-order valence-electron chi connectivity index (χ3n) is 2.29. The summed E-state index contributed by atoms with van der Waals surface area (Å²) in [7, 11) is 0. The van der Waals surface area contributed by atoms with Gasteiger partial charge in [-0.3, -0.25) is 9.89 Å². The molecule has 0 aliphatic heterocycles. The number of hydrogen-bond acceptors (Lipinski definition) is 2. The molecular formula is C11H9ClN2O3. The zero-order valence-electron chi connectivity index (χ0n) is 8.90. The SMILES string of the molecule is Cc1ccc(-n2[nH]c(C(=O)O)cc2=O)c(Cl)c1. The third kappa shape index (κ3) is 2.09. The number of rotatable bonds is 2. The number of carboxylic acid groups (broad SMARTS) is 1. The van der Waals surface area contributed by atoms with Gasteiger partial charge in [0.05, 0.1) is 10.7 Å². The van der Waals surface area contributed by atoms with E-state index in [2.05, 4.69) is 5.10 Å². The fourth-order valence-electron chi connectivity index (χ4n) is 1.48. The quantitative estimate of drug-likeness (QED) is 0.856. The Labute approximate surface area is 101 Å². The van der Waals surface area contributed by atoms with Gasteiger partial charge in [0, 0.05) is 6.07 Å². The van der Waals surface area contributed by atoms with Crippen LogP contribution in [-0.2, 0) is 0 Å². The van der Waals surface area contributed by atoms with E-state index in [-0.39, 0.29) is 5.69 Å². The predicted octanol–water partition coefficient (Wildman–Crippen LogP) is 1.83. The number of hydrogen-bond donors (Lipinski definition) is 2. The van der Waals surface area contributed by atoms with Crippen molar-refractivity contribution in [1.82, 2.24) is 9.78 Å². The largest absolute Gasteiger partial charge is 0.477 e. The van der Waals surface area contributed by atoms with Gasteiger partial charge >= 0.3 is 5.97 Å². The summed E-state index contributed by atoms with van der Waals surface area (Å²) in [5.41, 5.74) is 0.742. The highest BCUT2D eigenvalue weighted by molar-refractivity contribution is 6.32. The molecule has 0 aliphatic carbocycles. The van der Waals surface area contributed by atoms with E-state index in [1.54, 1.807) is 18.2 Å². The monoisotopic (exact) mass is 252 g/mol. The number of carboxylic acids is 1. The number of H-pyrrole nitrogens is 1. The van der Waals surface area contributed by atoms with E-state index in [0.29, 0.717) is 10.7 Å². The summed E-state index contributed by atoms with van der Waals surface area (Å²) >= 11 is 6.00. The van der Waals surface area contributed by atoms with Crippen LogP contribution in [0.2, 0.25) is 5.02 Å². The normalized spacial score (nSPS) is 10.5. The molecular weight excluding hydrogens is 244 g/mol. The first-order chi connectivity index (χ1) is 7.99. The van der Waals surface area contributed by atoms with Crippen LogP contribution < -0.4 is 5.56 Å². The molecule has 0 radical (unpaired) electrons. The van der Waals surface area contributed by atoms with Gasteiger partial charge in [-0.1, -0.05) is 17.7 Å². The first kappa shape index (κ1) is 11.5. The van der Waals surface area contributed by atoms with Gasteiger partial charge < -0.3 is 5.11 Å². The molecule has 2 rings (SSSR count). The van der Waals surface area contributed by atoms with Crippen molar-refractivity contribution in [2.45, 2.75) is 6.92 Å². The number of nitrogens with zero attached hydrogens (tertiary/aromatic N) is 1. The Morgan fingerprint density at radius 2 is 2.12 bits per heavy atom. The van der Waals surface area contributed by atoms with Crippen LogP contribution in [0.1, 0.15) is 16.1 Å². The first-order valence-corrected chi connectivity index (χ1v) is 5.19. The smallest absolute Gasteiger partial charge is 0.353 e. The lowest BCUT2D eigenvalue weighted by Crippen LogP contribution is -2.13. The van der Waals surface area contributed by atoms with Gasteiger partial charge in [-0.2, -0.15) is 0 Å². The number of aromatic amines is 1. The molecule has 0 saturated carbocycles. The van der Waals surface area contributed by atoms with E-state index in [1.807, 2.05) is 6.92 Å². The van der Waals surface area contributed by atoms with Gasteiger partial charge in [-0.05, 0) is 24.6 Å². The number of aromatic nitrogens is 2. The van der Waals surface area contributed by atoms with Crippen LogP contribution in [0.3, 0.4) is 0 Å². The number of aryl methyl sites for hydroxylation is 1. The van der Waals surface area contributed by atoms with E-state index >= 15 is 0 Å². The number of nitrogens with one attached hydrogen (secondary N) is 1. The van der Waals surface area contributed by atoms with Crippen LogP contribution in [0.15, 0.2) is 29.1 Å². The molecule has 0 spiro atoms. The van der Waals surface area contributed by atoms with E-state index in [1.165, 1.54) is 0 Å². The van der Waals surface area contributed by atoms with Crippen LogP contribution in [-0.4, -0.2) is 20.9 Å². The molecule has 0 unspecified atom stereocenters. The molecule has 6 heteroatoms. The highest BCUT2D eigenvalue weighted by Crippen LogP contribution is 2.19. The Bertz CT molecular complexity index is 642. The highest BCUT2D eigenvalue weighted by atomic mass is 35.5. The maximum absolute atomic E-state index is 11.6. The second-order valence-electron chi connectivity index (χ2n) is 3.60. The Hall–Kier alpha value is -2.01. The van der Waals surface area contributed by atoms with Gasteiger partial charge in [0.2, 0.25) is 0 Å². The molecule has 2 aromatic rings. The average molecular weight is 253 g/mol. The van der Waals surface area contributed by atoms with Crippen molar-refractivity contribution in [3.63, 3.8) is 0 Å². The minimum atomic E-state index is -1.19. The topological polar surface area (TPSA) is 75.1 Å². The van der Waals surface area contributed by atoms with Crippen molar-refractivity contribution in [1.29, 1.82) is 0 Å². The van der Waals surface area contributed by atoms with Gasteiger partial charge in [0.15, 0.2) is 0 Å². The summed E-state index contributed by atoms with van der Waals surface area (Å²) in [5.74, 6) is -1.19. The molecule has 5 nitrogen and oxygen atoms in total. The zero-order chi connectivity index (χ0) is 12.6. The van der Waals surface area contributed by atoms with Crippen molar-refractivity contribution < 1.29 is 9.90 Å². The van der Waals surface area contributed by atoms with Crippen LogP contribution in [0.25, 0.3) is 5.69 Å². The number of aromatic carboxylic acids is 1. The van der Waals surface area contributed by atoms with Crippen LogP contribution >= 0.6 is 11.6 Å². The number of benzene rings is 1. The van der Waals surface area contributed by atoms with Crippen molar-refractivity contribution in [3.05, 3.63) is 50.9 Å². The molecule has 17 heavy (non-hydrogen) atoms. The molecule has 2 N–H and O–H groups in total. The molecule has 0 atom stereocenters. The Kier molecular flexibility index (Phi) is 2.77. The van der Waals surface area contributed by atoms with Crippen molar-refractivity contribution >= 4 is 17.6 Å². The van der Waals surface area contributed by atoms with E-state index in [4.69, 9.17) is 16.7 Å². The lowest BCUT2D eigenvalue weighted by molar-refractivity contribution is 0.0690. The Balaban J connectivity index is 2.60. The summed E-state index contributed by atoms with van der Waals surface area (Å²) in [5, 5.41) is 11.6. The summed E-state index contributed by atoms with van der Waals surface area (Å²) in [6.45, 7) is 1.87. The lowest BCUT2D eigenvalue weighted by atomic mass is 10.2. The Morgan fingerprint density at radius 1 is 1.41 bits per heavy atom. The molecule has 0 fully saturated rings. The minimum absolute atomic E-state index is 0.174. The standard InChI is InChI=1S/C11H9ClN2O3/c1-6-2-3-9(7(12)4-6)14-10(15)5-8(13-14)11(16)17/h2-5,13H,1H3,(H,16,17). The second kappa shape index (κ2) is 4.10.